The van der Waals surface area contributed by atoms with Crippen LogP contribution in [0.25, 0.3) is 0 Å². The second-order valence-corrected chi connectivity index (χ2v) is 4.47. The average Bonchev–Trinajstić information content (AvgIpc) is 2.95. The molecule has 1 saturated carbocycles. The highest BCUT2D eigenvalue weighted by Gasteiger charge is 2.21. The molecule has 0 heterocycles. The number of nitrogens with two attached hydrogens (primary N) is 1. The van der Waals surface area contributed by atoms with Crippen molar-refractivity contribution in [2.24, 2.45) is 17.6 Å². The van der Waals surface area contributed by atoms with Gasteiger partial charge in [0.05, 0.1) is 0 Å². The van der Waals surface area contributed by atoms with Crippen molar-refractivity contribution in [1.82, 2.24) is 4.90 Å². The van der Waals surface area contributed by atoms with Gasteiger partial charge in [0, 0.05) is 6.54 Å². The molecule has 1 aliphatic carbocycles. The van der Waals surface area contributed by atoms with Gasteiger partial charge in [0.2, 0.25) is 0 Å². The number of hydrogen-bond donors (Lipinski definition) is 1. The molecule has 78 valence electrons. The SMILES string of the molecule is CCN(CCC1CC1)CC(C)CN. The third-order valence-corrected chi connectivity index (χ3v) is 2.97. The summed E-state index contributed by atoms with van der Waals surface area (Å²) < 4.78 is 0. The van der Waals surface area contributed by atoms with Crippen LogP contribution in [0.3, 0.4) is 0 Å². The van der Waals surface area contributed by atoms with Gasteiger partial charge in [-0.2, -0.15) is 0 Å². The second kappa shape index (κ2) is 5.61. The van der Waals surface area contributed by atoms with Crippen LogP contribution in [-0.2, 0) is 0 Å². The van der Waals surface area contributed by atoms with Crippen molar-refractivity contribution in [2.45, 2.75) is 33.1 Å². The number of rotatable bonds is 7. The minimum Gasteiger partial charge on any atom is -0.330 e. The molecule has 0 bridgehead atoms. The van der Waals surface area contributed by atoms with Crippen LogP contribution in [0, 0.1) is 11.8 Å². The Balaban J connectivity index is 2.08. The molecule has 2 heteroatoms. The summed E-state index contributed by atoms with van der Waals surface area (Å²) in [6.07, 6.45) is 4.36. The maximum atomic E-state index is 5.62. The van der Waals surface area contributed by atoms with Crippen LogP contribution in [-0.4, -0.2) is 31.1 Å². The lowest BCUT2D eigenvalue weighted by atomic mass is 10.1. The minimum atomic E-state index is 0.652. The van der Waals surface area contributed by atoms with Crippen molar-refractivity contribution in [2.75, 3.05) is 26.2 Å². The van der Waals surface area contributed by atoms with Crippen LogP contribution in [0.1, 0.15) is 33.1 Å². The quantitative estimate of drug-likeness (QED) is 0.652. The predicted octanol–water partition coefficient (Wildman–Crippen LogP) is 1.70. The first-order valence-electron chi connectivity index (χ1n) is 5.68. The zero-order valence-electron chi connectivity index (χ0n) is 9.13. The maximum Gasteiger partial charge on any atom is 0.00189 e. The second-order valence-electron chi connectivity index (χ2n) is 4.47. The molecule has 13 heavy (non-hydrogen) atoms. The molecule has 0 aliphatic heterocycles. The highest BCUT2D eigenvalue weighted by molar-refractivity contribution is 4.75. The van der Waals surface area contributed by atoms with E-state index in [1.807, 2.05) is 0 Å². The van der Waals surface area contributed by atoms with Gasteiger partial charge < -0.3 is 10.6 Å². The molecular weight excluding hydrogens is 160 g/mol. The van der Waals surface area contributed by atoms with Gasteiger partial charge in [0.15, 0.2) is 0 Å². The van der Waals surface area contributed by atoms with E-state index in [2.05, 4.69) is 18.7 Å². The lowest BCUT2D eigenvalue weighted by Crippen LogP contribution is -2.32. The molecule has 0 radical (unpaired) electrons. The fraction of sp³-hybridized carbons (Fsp3) is 1.00. The van der Waals surface area contributed by atoms with Gasteiger partial charge in [-0.1, -0.05) is 26.7 Å². The summed E-state index contributed by atoms with van der Waals surface area (Å²) in [7, 11) is 0. The standard InChI is InChI=1S/C11H24N2/c1-3-13(9-10(2)8-12)7-6-11-4-5-11/h10-11H,3-9,12H2,1-2H3. The molecule has 1 fully saturated rings. The van der Waals surface area contributed by atoms with Crippen molar-refractivity contribution >= 4 is 0 Å². The van der Waals surface area contributed by atoms with Gasteiger partial charge in [-0.25, -0.2) is 0 Å². The highest BCUT2D eigenvalue weighted by Crippen LogP contribution is 2.32. The Morgan fingerprint density at radius 2 is 2.15 bits per heavy atom. The molecule has 0 saturated heterocycles. The Morgan fingerprint density at radius 1 is 1.46 bits per heavy atom. The Morgan fingerprint density at radius 3 is 2.62 bits per heavy atom. The van der Waals surface area contributed by atoms with E-state index in [-0.39, 0.29) is 0 Å². The summed E-state index contributed by atoms with van der Waals surface area (Å²) in [5.74, 6) is 1.71. The fourth-order valence-electron chi connectivity index (χ4n) is 1.67. The monoisotopic (exact) mass is 184 g/mol. The Bertz CT molecular complexity index is 132. The molecule has 0 amide bonds. The van der Waals surface area contributed by atoms with Gasteiger partial charge in [0.1, 0.15) is 0 Å². The molecule has 1 atom stereocenters. The molecule has 1 unspecified atom stereocenters. The summed E-state index contributed by atoms with van der Waals surface area (Å²) in [5.41, 5.74) is 5.62. The number of hydrogen-bond acceptors (Lipinski definition) is 2. The van der Waals surface area contributed by atoms with Crippen molar-refractivity contribution in [3.05, 3.63) is 0 Å². The molecule has 0 aromatic heterocycles. The normalized spacial score (nSPS) is 19.4. The van der Waals surface area contributed by atoms with Crippen LogP contribution in [0.5, 0.6) is 0 Å². The first-order chi connectivity index (χ1) is 6.26. The molecule has 1 aliphatic rings. The van der Waals surface area contributed by atoms with Crippen LogP contribution >= 0.6 is 0 Å². The van der Waals surface area contributed by atoms with E-state index in [0.29, 0.717) is 5.92 Å². The van der Waals surface area contributed by atoms with Gasteiger partial charge >= 0.3 is 0 Å². The Kier molecular flexibility index (Phi) is 4.74. The topological polar surface area (TPSA) is 29.3 Å². The Labute approximate surface area is 82.5 Å². The molecule has 2 nitrogen and oxygen atoms in total. The third-order valence-electron chi connectivity index (χ3n) is 2.97. The van der Waals surface area contributed by atoms with E-state index in [1.54, 1.807) is 0 Å². The molecule has 2 N–H and O–H groups in total. The van der Waals surface area contributed by atoms with E-state index in [9.17, 15) is 0 Å². The van der Waals surface area contributed by atoms with Crippen molar-refractivity contribution in [1.29, 1.82) is 0 Å². The first-order valence-corrected chi connectivity index (χ1v) is 5.68. The molecular formula is C11H24N2. The van der Waals surface area contributed by atoms with E-state index in [4.69, 9.17) is 5.73 Å². The van der Waals surface area contributed by atoms with Crippen molar-refractivity contribution < 1.29 is 0 Å². The largest absolute Gasteiger partial charge is 0.330 e. The van der Waals surface area contributed by atoms with Crippen LogP contribution in [0.2, 0.25) is 0 Å². The molecule has 1 rings (SSSR count). The molecule has 0 aromatic carbocycles. The zero-order chi connectivity index (χ0) is 9.68. The summed E-state index contributed by atoms with van der Waals surface area (Å²) in [6.45, 7) is 8.94. The number of nitrogens with zero attached hydrogens (tertiary/aromatic N) is 1. The molecule has 0 spiro atoms. The highest BCUT2D eigenvalue weighted by atomic mass is 15.1. The van der Waals surface area contributed by atoms with Gasteiger partial charge in [0.25, 0.3) is 0 Å². The summed E-state index contributed by atoms with van der Waals surface area (Å²) in [5, 5.41) is 0. The fourth-order valence-corrected chi connectivity index (χ4v) is 1.67. The predicted molar refractivity (Wildman–Crippen MR) is 57.7 cm³/mol. The third kappa shape index (κ3) is 4.63. The van der Waals surface area contributed by atoms with Gasteiger partial charge in [-0.05, 0) is 37.9 Å². The lowest BCUT2D eigenvalue weighted by Gasteiger charge is -2.23. The van der Waals surface area contributed by atoms with Crippen molar-refractivity contribution in [3.63, 3.8) is 0 Å². The lowest BCUT2D eigenvalue weighted by molar-refractivity contribution is 0.244. The average molecular weight is 184 g/mol. The van der Waals surface area contributed by atoms with E-state index < -0.39 is 0 Å². The minimum absolute atomic E-state index is 0.652. The summed E-state index contributed by atoms with van der Waals surface area (Å²) >= 11 is 0. The summed E-state index contributed by atoms with van der Waals surface area (Å²) in [6, 6.07) is 0. The van der Waals surface area contributed by atoms with Crippen molar-refractivity contribution in [3.8, 4) is 0 Å². The van der Waals surface area contributed by atoms with Crippen LogP contribution in [0.4, 0.5) is 0 Å². The van der Waals surface area contributed by atoms with Gasteiger partial charge in [-0.3, -0.25) is 0 Å². The van der Waals surface area contributed by atoms with Crippen LogP contribution in [0.15, 0.2) is 0 Å². The zero-order valence-corrected chi connectivity index (χ0v) is 9.13. The van der Waals surface area contributed by atoms with E-state index in [1.165, 1.54) is 38.9 Å². The maximum absolute atomic E-state index is 5.62. The van der Waals surface area contributed by atoms with Gasteiger partial charge in [-0.15, -0.1) is 0 Å². The smallest absolute Gasteiger partial charge is 0.00189 e. The van der Waals surface area contributed by atoms with E-state index >= 15 is 0 Å². The first kappa shape index (κ1) is 11.0. The van der Waals surface area contributed by atoms with Crippen LogP contribution < -0.4 is 5.73 Å². The Hall–Kier alpha value is -0.0800. The summed E-state index contributed by atoms with van der Waals surface area (Å²) in [4.78, 5) is 2.54. The molecule has 0 aromatic rings. The van der Waals surface area contributed by atoms with E-state index in [0.717, 1.165) is 12.5 Å².